The molecule has 4 nitrogen and oxygen atoms in total. The van der Waals surface area contributed by atoms with E-state index in [0.29, 0.717) is 6.61 Å². The lowest BCUT2D eigenvalue weighted by molar-refractivity contribution is -0.0719. The first-order valence-corrected chi connectivity index (χ1v) is 6.71. The van der Waals surface area contributed by atoms with Crippen LogP contribution in [0.25, 0.3) is 0 Å². The number of nitrogens with two attached hydrogens (primary N) is 1. The lowest BCUT2D eigenvalue weighted by atomic mass is 9.85. The summed E-state index contributed by atoms with van der Waals surface area (Å²) >= 11 is 0. The van der Waals surface area contributed by atoms with E-state index in [1.54, 1.807) is 6.20 Å². The highest BCUT2D eigenvalue weighted by Crippen LogP contribution is 2.26. The van der Waals surface area contributed by atoms with E-state index in [0.717, 1.165) is 19.3 Å². The minimum Gasteiger partial charge on any atom is -0.374 e. The van der Waals surface area contributed by atoms with Gasteiger partial charge in [0.05, 0.1) is 11.6 Å². The van der Waals surface area contributed by atoms with Crippen LogP contribution in [0.2, 0.25) is 0 Å². The summed E-state index contributed by atoms with van der Waals surface area (Å²) in [7, 11) is 0. The molecule has 1 atom stereocenters. The Bertz CT molecular complexity index is 325. The molecule has 0 saturated carbocycles. The minimum atomic E-state index is -0.209. The Balaban J connectivity index is 2.85. The molecule has 1 aromatic rings. The van der Waals surface area contributed by atoms with Gasteiger partial charge in [-0.1, -0.05) is 19.9 Å². The molecular weight excluding hydrogens is 226 g/mol. The minimum absolute atomic E-state index is 0.0941. The van der Waals surface area contributed by atoms with Gasteiger partial charge in [-0.2, -0.15) is 0 Å². The van der Waals surface area contributed by atoms with Crippen LogP contribution in [-0.2, 0) is 11.2 Å². The van der Waals surface area contributed by atoms with Gasteiger partial charge in [0.25, 0.3) is 0 Å². The standard InChI is InChI=1S/C14H25N3O/c1-4-14(5-2,18-6-3)13(17-15)10-12-8-7-9-16-11-12/h7-9,11,13,17H,4-6,10,15H2,1-3H3. The summed E-state index contributed by atoms with van der Waals surface area (Å²) in [5, 5.41) is 0. The third-order valence-electron chi connectivity index (χ3n) is 3.63. The van der Waals surface area contributed by atoms with Crippen molar-refractivity contribution < 1.29 is 4.74 Å². The maximum Gasteiger partial charge on any atom is 0.0846 e. The summed E-state index contributed by atoms with van der Waals surface area (Å²) in [5.74, 6) is 5.74. The SMILES string of the molecule is CCOC(CC)(CC)C(Cc1cccnc1)NN. The first-order chi connectivity index (χ1) is 8.72. The lowest BCUT2D eigenvalue weighted by Crippen LogP contribution is -2.55. The fourth-order valence-electron chi connectivity index (χ4n) is 2.49. The average molecular weight is 251 g/mol. The van der Waals surface area contributed by atoms with E-state index in [-0.39, 0.29) is 11.6 Å². The molecular formula is C14H25N3O. The molecule has 0 aliphatic rings. The van der Waals surface area contributed by atoms with E-state index in [4.69, 9.17) is 10.6 Å². The van der Waals surface area contributed by atoms with Gasteiger partial charge in [-0.25, -0.2) is 0 Å². The molecule has 0 aliphatic carbocycles. The van der Waals surface area contributed by atoms with Crippen LogP contribution in [0.15, 0.2) is 24.5 Å². The largest absolute Gasteiger partial charge is 0.374 e. The van der Waals surface area contributed by atoms with Crippen LogP contribution in [0.4, 0.5) is 0 Å². The number of nitrogens with zero attached hydrogens (tertiary/aromatic N) is 1. The molecule has 18 heavy (non-hydrogen) atoms. The summed E-state index contributed by atoms with van der Waals surface area (Å²) in [5.41, 5.74) is 3.89. The van der Waals surface area contributed by atoms with Crippen molar-refractivity contribution in [1.29, 1.82) is 0 Å². The second-order valence-corrected chi connectivity index (χ2v) is 4.49. The Morgan fingerprint density at radius 1 is 1.39 bits per heavy atom. The van der Waals surface area contributed by atoms with Crippen molar-refractivity contribution in [2.24, 2.45) is 5.84 Å². The molecule has 3 N–H and O–H groups in total. The zero-order chi connectivity index (χ0) is 13.4. The Labute approximate surface area is 110 Å². The average Bonchev–Trinajstić information content (AvgIpc) is 2.44. The van der Waals surface area contributed by atoms with Crippen LogP contribution in [-0.4, -0.2) is 23.2 Å². The smallest absolute Gasteiger partial charge is 0.0846 e. The van der Waals surface area contributed by atoms with Gasteiger partial charge in [0, 0.05) is 19.0 Å². The number of hydrazine groups is 1. The zero-order valence-electron chi connectivity index (χ0n) is 11.6. The highest BCUT2D eigenvalue weighted by atomic mass is 16.5. The molecule has 1 heterocycles. The van der Waals surface area contributed by atoms with Crippen molar-refractivity contribution in [1.82, 2.24) is 10.4 Å². The van der Waals surface area contributed by atoms with Gasteiger partial charge in [0.15, 0.2) is 0 Å². The summed E-state index contributed by atoms with van der Waals surface area (Å²) in [6.45, 7) is 7.02. The van der Waals surface area contributed by atoms with E-state index in [1.807, 2.05) is 19.2 Å². The summed E-state index contributed by atoms with van der Waals surface area (Å²) in [6.07, 6.45) is 6.36. The molecule has 0 amide bonds. The van der Waals surface area contributed by atoms with E-state index >= 15 is 0 Å². The van der Waals surface area contributed by atoms with Crippen molar-refractivity contribution in [3.63, 3.8) is 0 Å². The van der Waals surface area contributed by atoms with Gasteiger partial charge < -0.3 is 4.74 Å². The van der Waals surface area contributed by atoms with Gasteiger partial charge in [0.2, 0.25) is 0 Å². The number of hydrogen-bond acceptors (Lipinski definition) is 4. The van der Waals surface area contributed by atoms with Gasteiger partial charge in [-0.3, -0.25) is 16.3 Å². The van der Waals surface area contributed by atoms with E-state index in [9.17, 15) is 0 Å². The summed E-state index contributed by atoms with van der Waals surface area (Å²) in [4.78, 5) is 4.14. The second kappa shape index (κ2) is 7.46. The molecule has 0 aromatic carbocycles. The summed E-state index contributed by atoms with van der Waals surface area (Å²) < 4.78 is 5.99. The molecule has 1 aromatic heterocycles. The van der Waals surface area contributed by atoms with Gasteiger partial charge >= 0.3 is 0 Å². The van der Waals surface area contributed by atoms with Crippen LogP contribution in [0, 0.1) is 0 Å². The topological polar surface area (TPSA) is 60.2 Å². The molecule has 0 bridgehead atoms. The molecule has 0 fully saturated rings. The van der Waals surface area contributed by atoms with Crippen LogP contribution in [0.5, 0.6) is 0 Å². The van der Waals surface area contributed by atoms with E-state index < -0.39 is 0 Å². The lowest BCUT2D eigenvalue weighted by Gasteiger charge is -2.39. The first-order valence-electron chi connectivity index (χ1n) is 6.71. The number of ether oxygens (including phenoxy) is 1. The second-order valence-electron chi connectivity index (χ2n) is 4.49. The van der Waals surface area contributed by atoms with Gasteiger partial charge in [0.1, 0.15) is 0 Å². The number of hydrogen-bond donors (Lipinski definition) is 2. The highest BCUT2D eigenvalue weighted by molar-refractivity contribution is 5.12. The molecule has 0 spiro atoms. The maximum absolute atomic E-state index is 5.99. The van der Waals surface area contributed by atoms with Crippen molar-refractivity contribution in [2.45, 2.75) is 51.7 Å². The Kier molecular flexibility index (Phi) is 6.25. The predicted molar refractivity (Wildman–Crippen MR) is 74.0 cm³/mol. The van der Waals surface area contributed by atoms with Crippen molar-refractivity contribution in [2.75, 3.05) is 6.61 Å². The Hall–Kier alpha value is -0.970. The van der Waals surface area contributed by atoms with Gasteiger partial charge in [-0.05, 0) is 37.8 Å². The Morgan fingerprint density at radius 3 is 2.56 bits per heavy atom. The third kappa shape index (κ3) is 3.51. The molecule has 102 valence electrons. The molecule has 0 aliphatic heterocycles. The van der Waals surface area contributed by atoms with E-state index in [2.05, 4.69) is 30.3 Å². The van der Waals surface area contributed by atoms with Crippen molar-refractivity contribution >= 4 is 0 Å². The molecule has 0 saturated heterocycles. The van der Waals surface area contributed by atoms with Crippen LogP contribution in [0.3, 0.4) is 0 Å². The zero-order valence-corrected chi connectivity index (χ0v) is 11.6. The molecule has 0 radical (unpaired) electrons. The van der Waals surface area contributed by atoms with E-state index in [1.165, 1.54) is 5.56 Å². The Morgan fingerprint density at radius 2 is 2.11 bits per heavy atom. The predicted octanol–water partition coefficient (Wildman–Crippen LogP) is 2.05. The van der Waals surface area contributed by atoms with Crippen molar-refractivity contribution in [3.05, 3.63) is 30.1 Å². The van der Waals surface area contributed by atoms with Crippen LogP contribution in [0.1, 0.15) is 39.2 Å². The number of pyridine rings is 1. The fraction of sp³-hybridized carbons (Fsp3) is 0.643. The van der Waals surface area contributed by atoms with Crippen molar-refractivity contribution in [3.8, 4) is 0 Å². The quantitative estimate of drug-likeness (QED) is 0.548. The first kappa shape index (κ1) is 15.1. The normalized spacial score (nSPS) is 13.6. The van der Waals surface area contributed by atoms with Crippen LogP contribution >= 0.6 is 0 Å². The maximum atomic E-state index is 5.99. The monoisotopic (exact) mass is 251 g/mol. The number of nitrogens with one attached hydrogen (secondary N) is 1. The molecule has 1 rings (SSSR count). The van der Waals surface area contributed by atoms with Crippen LogP contribution < -0.4 is 11.3 Å². The number of rotatable bonds is 8. The molecule has 1 unspecified atom stereocenters. The fourth-order valence-corrected chi connectivity index (χ4v) is 2.49. The highest BCUT2D eigenvalue weighted by Gasteiger charge is 2.35. The summed E-state index contributed by atoms with van der Waals surface area (Å²) in [6, 6.07) is 4.11. The van der Waals surface area contributed by atoms with Gasteiger partial charge in [-0.15, -0.1) is 0 Å². The third-order valence-corrected chi connectivity index (χ3v) is 3.63. The number of aromatic nitrogens is 1. The molecule has 4 heteroatoms.